The normalized spacial score (nSPS) is 13.9. The van der Waals surface area contributed by atoms with Gasteiger partial charge in [-0.15, -0.1) is 0 Å². The van der Waals surface area contributed by atoms with Gasteiger partial charge < -0.3 is 15.2 Å². The van der Waals surface area contributed by atoms with Gasteiger partial charge in [0, 0.05) is 36.6 Å². The van der Waals surface area contributed by atoms with Gasteiger partial charge in [0.25, 0.3) is 0 Å². The highest BCUT2D eigenvalue weighted by molar-refractivity contribution is 5.91. The van der Waals surface area contributed by atoms with Crippen molar-refractivity contribution < 1.29 is 9.59 Å². The smallest absolute Gasteiger partial charge is 0.226 e. The summed E-state index contributed by atoms with van der Waals surface area (Å²) in [5.74, 6) is 0.671. The van der Waals surface area contributed by atoms with Crippen LogP contribution in [-0.4, -0.2) is 21.4 Å². The Balaban J connectivity index is 1.43. The number of carbonyl (C=O) groups excluding carboxylic acids is 2. The number of rotatable bonds is 6. The molecule has 1 aromatic heterocycles. The van der Waals surface area contributed by atoms with Crippen molar-refractivity contribution in [2.24, 2.45) is 0 Å². The molecular formula is C24H26N4O2. The zero-order valence-electron chi connectivity index (χ0n) is 17.1. The van der Waals surface area contributed by atoms with Crippen molar-refractivity contribution in [2.45, 2.75) is 45.2 Å². The van der Waals surface area contributed by atoms with E-state index in [0.717, 1.165) is 35.6 Å². The predicted molar refractivity (Wildman–Crippen MR) is 117 cm³/mol. The number of amides is 2. The molecule has 3 aromatic rings. The SMILES string of the molecule is CC(=O)NC(CC(=O)Nc1ccc(-c2ncc3n2CCCC3)cc1)c1ccccc1. The molecule has 2 N–H and O–H groups in total. The zero-order chi connectivity index (χ0) is 20.9. The number of hydrogen-bond donors (Lipinski definition) is 2. The summed E-state index contributed by atoms with van der Waals surface area (Å²) in [6, 6.07) is 16.9. The van der Waals surface area contributed by atoms with E-state index in [9.17, 15) is 9.59 Å². The van der Waals surface area contributed by atoms with Crippen LogP contribution in [0.4, 0.5) is 5.69 Å². The molecule has 1 aliphatic heterocycles. The van der Waals surface area contributed by atoms with Gasteiger partial charge in [0.15, 0.2) is 0 Å². The topological polar surface area (TPSA) is 76.0 Å². The van der Waals surface area contributed by atoms with Gasteiger partial charge in [-0.3, -0.25) is 9.59 Å². The lowest BCUT2D eigenvalue weighted by molar-refractivity contribution is -0.120. The average Bonchev–Trinajstić information content (AvgIpc) is 3.18. The fourth-order valence-electron chi connectivity index (χ4n) is 3.95. The molecule has 0 saturated carbocycles. The first kappa shape index (κ1) is 19.9. The molecule has 154 valence electrons. The van der Waals surface area contributed by atoms with Crippen LogP contribution in [0.2, 0.25) is 0 Å². The molecule has 0 radical (unpaired) electrons. The van der Waals surface area contributed by atoms with Crippen molar-refractivity contribution in [3.63, 3.8) is 0 Å². The predicted octanol–water partition coefficient (Wildman–Crippen LogP) is 4.09. The maximum atomic E-state index is 12.6. The summed E-state index contributed by atoms with van der Waals surface area (Å²) >= 11 is 0. The molecule has 1 aliphatic rings. The van der Waals surface area contributed by atoms with E-state index in [1.807, 2.05) is 60.8 Å². The van der Waals surface area contributed by atoms with E-state index in [1.54, 1.807) is 0 Å². The van der Waals surface area contributed by atoms with Gasteiger partial charge in [0.05, 0.1) is 12.5 Å². The molecule has 6 nitrogen and oxygen atoms in total. The van der Waals surface area contributed by atoms with Crippen molar-refractivity contribution in [1.29, 1.82) is 0 Å². The Morgan fingerprint density at radius 1 is 1.07 bits per heavy atom. The van der Waals surface area contributed by atoms with Gasteiger partial charge in [-0.05, 0) is 49.1 Å². The van der Waals surface area contributed by atoms with Crippen molar-refractivity contribution in [3.8, 4) is 11.4 Å². The number of fused-ring (bicyclic) bond motifs is 1. The number of anilines is 1. The van der Waals surface area contributed by atoms with E-state index >= 15 is 0 Å². The van der Waals surface area contributed by atoms with Crippen LogP contribution in [0.3, 0.4) is 0 Å². The van der Waals surface area contributed by atoms with Crippen molar-refractivity contribution in [2.75, 3.05) is 5.32 Å². The number of aromatic nitrogens is 2. The third-order valence-electron chi connectivity index (χ3n) is 5.40. The van der Waals surface area contributed by atoms with E-state index in [1.165, 1.54) is 25.5 Å². The van der Waals surface area contributed by atoms with E-state index in [2.05, 4.69) is 20.2 Å². The van der Waals surface area contributed by atoms with Crippen LogP contribution < -0.4 is 10.6 Å². The molecule has 1 atom stereocenters. The minimum Gasteiger partial charge on any atom is -0.349 e. The molecule has 2 heterocycles. The van der Waals surface area contributed by atoms with Crippen LogP contribution in [0, 0.1) is 0 Å². The van der Waals surface area contributed by atoms with Crippen molar-refractivity contribution in [1.82, 2.24) is 14.9 Å². The van der Waals surface area contributed by atoms with Crippen LogP contribution in [0.25, 0.3) is 11.4 Å². The lowest BCUT2D eigenvalue weighted by Crippen LogP contribution is -2.29. The maximum Gasteiger partial charge on any atom is 0.226 e. The minimum atomic E-state index is -0.362. The first-order chi connectivity index (χ1) is 14.6. The fourth-order valence-corrected chi connectivity index (χ4v) is 3.95. The van der Waals surface area contributed by atoms with Crippen LogP contribution in [0.15, 0.2) is 60.8 Å². The first-order valence-corrected chi connectivity index (χ1v) is 10.4. The second-order valence-electron chi connectivity index (χ2n) is 7.68. The van der Waals surface area contributed by atoms with Gasteiger partial charge in [0.1, 0.15) is 5.82 Å². The largest absolute Gasteiger partial charge is 0.349 e. The molecule has 0 fully saturated rings. The van der Waals surface area contributed by atoms with E-state index in [-0.39, 0.29) is 24.3 Å². The number of carbonyl (C=O) groups is 2. The van der Waals surface area contributed by atoms with Gasteiger partial charge in [-0.2, -0.15) is 0 Å². The van der Waals surface area contributed by atoms with Crippen LogP contribution in [-0.2, 0) is 22.6 Å². The van der Waals surface area contributed by atoms with E-state index < -0.39 is 0 Å². The molecule has 0 spiro atoms. The lowest BCUT2D eigenvalue weighted by Gasteiger charge is -2.18. The summed E-state index contributed by atoms with van der Waals surface area (Å²) in [5.41, 5.74) is 3.96. The maximum absolute atomic E-state index is 12.6. The third kappa shape index (κ3) is 4.59. The number of aryl methyl sites for hydroxylation is 1. The molecule has 4 rings (SSSR count). The molecule has 0 aliphatic carbocycles. The zero-order valence-corrected chi connectivity index (χ0v) is 17.1. The second-order valence-corrected chi connectivity index (χ2v) is 7.68. The summed E-state index contributed by atoms with van der Waals surface area (Å²) in [6.07, 6.45) is 5.62. The summed E-state index contributed by atoms with van der Waals surface area (Å²) in [7, 11) is 0. The summed E-state index contributed by atoms with van der Waals surface area (Å²) in [4.78, 5) is 28.8. The third-order valence-corrected chi connectivity index (χ3v) is 5.40. The van der Waals surface area contributed by atoms with Gasteiger partial charge >= 0.3 is 0 Å². The molecule has 2 aromatic carbocycles. The monoisotopic (exact) mass is 402 g/mol. The van der Waals surface area contributed by atoms with Gasteiger partial charge in [0.2, 0.25) is 11.8 Å². The quantitative estimate of drug-likeness (QED) is 0.652. The first-order valence-electron chi connectivity index (χ1n) is 10.4. The summed E-state index contributed by atoms with van der Waals surface area (Å²) in [5, 5.41) is 5.79. The van der Waals surface area contributed by atoms with Gasteiger partial charge in [-0.1, -0.05) is 30.3 Å². The lowest BCUT2D eigenvalue weighted by atomic mass is 10.0. The number of nitrogens with one attached hydrogen (secondary N) is 2. The molecule has 30 heavy (non-hydrogen) atoms. The molecule has 2 amide bonds. The molecular weight excluding hydrogens is 376 g/mol. The number of benzene rings is 2. The average molecular weight is 402 g/mol. The number of imidazole rings is 1. The summed E-state index contributed by atoms with van der Waals surface area (Å²) in [6.45, 7) is 2.47. The fraction of sp³-hybridized carbons (Fsp3) is 0.292. The highest BCUT2D eigenvalue weighted by Crippen LogP contribution is 2.26. The highest BCUT2D eigenvalue weighted by Gasteiger charge is 2.18. The molecule has 0 saturated heterocycles. The number of nitrogens with zero attached hydrogens (tertiary/aromatic N) is 2. The number of hydrogen-bond acceptors (Lipinski definition) is 3. The second kappa shape index (κ2) is 8.95. The highest BCUT2D eigenvalue weighted by atomic mass is 16.2. The molecule has 0 bridgehead atoms. The Hall–Kier alpha value is -3.41. The van der Waals surface area contributed by atoms with Crippen molar-refractivity contribution >= 4 is 17.5 Å². The van der Waals surface area contributed by atoms with Crippen LogP contribution in [0.5, 0.6) is 0 Å². The Bertz CT molecular complexity index is 1030. The minimum absolute atomic E-state index is 0.149. The van der Waals surface area contributed by atoms with E-state index in [0.29, 0.717) is 0 Å². The van der Waals surface area contributed by atoms with Crippen LogP contribution in [0.1, 0.15) is 43.5 Å². The van der Waals surface area contributed by atoms with Gasteiger partial charge in [-0.25, -0.2) is 4.98 Å². The Morgan fingerprint density at radius 3 is 2.57 bits per heavy atom. The summed E-state index contributed by atoms with van der Waals surface area (Å²) < 4.78 is 2.29. The van der Waals surface area contributed by atoms with Crippen molar-refractivity contribution in [3.05, 3.63) is 72.1 Å². The Kier molecular flexibility index (Phi) is 5.93. The Morgan fingerprint density at radius 2 is 1.83 bits per heavy atom. The molecule has 1 unspecified atom stereocenters. The van der Waals surface area contributed by atoms with E-state index in [4.69, 9.17) is 0 Å². The van der Waals surface area contributed by atoms with Crippen LogP contribution >= 0.6 is 0 Å². The molecule has 6 heteroatoms. The standard InChI is InChI=1S/C24H26N4O2/c1-17(29)26-22(18-7-3-2-4-8-18)15-23(30)27-20-12-10-19(11-13-20)24-25-16-21-9-5-6-14-28(21)24/h2-4,7-8,10-13,16,22H,5-6,9,14-15H2,1H3,(H,26,29)(H,27,30). The Labute approximate surface area is 176 Å².